The van der Waals surface area contributed by atoms with Crippen LogP contribution in [0.15, 0.2) is 48.8 Å². The second-order valence-electron chi connectivity index (χ2n) is 4.75. The summed E-state index contributed by atoms with van der Waals surface area (Å²) in [5.74, 6) is 0.184. The molecule has 0 aliphatic carbocycles. The third kappa shape index (κ3) is 2.53. The minimum atomic E-state index is -0.232. The highest BCUT2D eigenvalue weighted by atomic mass is 16.1. The number of aromatic nitrogens is 2. The van der Waals surface area contributed by atoms with Gasteiger partial charge in [0, 0.05) is 17.3 Å². The first kappa shape index (κ1) is 13.1. The van der Waals surface area contributed by atoms with Gasteiger partial charge in [-0.15, -0.1) is 0 Å². The van der Waals surface area contributed by atoms with Crippen LogP contribution < -0.4 is 11.1 Å². The molecular weight excluding hydrogens is 264 g/mol. The lowest BCUT2D eigenvalue weighted by molar-refractivity contribution is 0.102. The summed E-state index contributed by atoms with van der Waals surface area (Å²) in [5, 5.41) is 4.37. The Morgan fingerprint density at radius 3 is 2.52 bits per heavy atom. The fourth-order valence-corrected chi connectivity index (χ4v) is 2.14. The van der Waals surface area contributed by atoms with Crippen molar-refractivity contribution < 1.29 is 4.79 Å². The van der Waals surface area contributed by atoms with Crippen LogP contribution in [0.2, 0.25) is 0 Å². The molecule has 0 saturated heterocycles. The summed E-state index contributed by atoms with van der Waals surface area (Å²) in [7, 11) is 0. The van der Waals surface area contributed by atoms with E-state index in [0.29, 0.717) is 17.1 Å². The van der Waals surface area contributed by atoms with Gasteiger partial charge in [-0.2, -0.15) is 0 Å². The van der Waals surface area contributed by atoms with Crippen LogP contribution in [-0.4, -0.2) is 15.9 Å². The predicted molar refractivity (Wildman–Crippen MR) is 83.1 cm³/mol. The SMILES string of the molecule is Cc1ccc(NC(=O)c2cnc(N)c3ccccc23)cn1. The Morgan fingerprint density at radius 2 is 1.81 bits per heavy atom. The van der Waals surface area contributed by atoms with Crippen molar-refractivity contribution >= 4 is 28.2 Å². The van der Waals surface area contributed by atoms with Crippen LogP contribution in [0.5, 0.6) is 0 Å². The molecule has 5 heteroatoms. The molecule has 3 N–H and O–H groups in total. The highest BCUT2D eigenvalue weighted by molar-refractivity contribution is 6.14. The molecule has 0 spiro atoms. The number of fused-ring (bicyclic) bond motifs is 1. The van der Waals surface area contributed by atoms with E-state index < -0.39 is 0 Å². The van der Waals surface area contributed by atoms with Gasteiger partial charge in [0.15, 0.2) is 0 Å². The Kier molecular flexibility index (Phi) is 3.23. The quantitative estimate of drug-likeness (QED) is 0.755. The van der Waals surface area contributed by atoms with Crippen molar-refractivity contribution in [2.24, 2.45) is 0 Å². The van der Waals surface area contributed by atoms with Gasteiger partial charge in [0.05, 0.1) is 17.4 Å². The summed E-state index contributed by atoms with van der Waals surface area (Å²) < 4.78 is 0. The van der Waals surface area contributed by atoms with Gasteiger partial charge in [0.1, 0.15) is 5.82 Å². The first-order valence-electron chi connectivity index (χ1n) is 6.52. The lowest BCUT2D eigenvalue weighted by Crippen LogP contribution is -2.13. The number of carbonyl (C=O) groups excluding carboxylic acids is 1. The molecule has 3 aromatic rings. The van der Waals surface area contributed by atoms with E-state index in [4.69, 9.17) is 5.73 Å². The Morgan fingerprint density at radius 1 is 1.05 bits per heavy atom. The van der Waals surface area contributed by atoms with Gasteiger partial charge < -0.3 is 11.1 Å². The number of pyridine rings is 2. The summed E-state index contributed by atoms with van der Waals surface area (Å²) >= 11 is 0. The van der Waals surface area contributed by atoms with E-state index in [-0.39, 0.29) is 5.91 Å². The van der Waals surface area contributed by atoms with E-state index in [1.807, 2.05) is 43.3 Å². The maximum atomic E-state index is 12.4. The summed E-state index contributed by atoms with van der Waals surface area (Å²) in [6.07, 6.45) is 3.12. The molecule has 104 valence electrons. The van der Waals surface area contributed by atoms with Crippen molar-refractivity contribution in [3.05, 3.63) is 60.0 Å². The van der Waals surface area contributed by atoms with Gasteiger partial charge >= 0.3 is 0 Å². The number of aryl methyl sites for hydroxylation is 1. The molecule has 2 aromatic heterocycles. The van der Waals surface area contributed by atoms with E-state index >= 15 is 0 Å². The molecule has 21 heavy (non-hydrogen) atoms. The van der Waals surface area contributed by atoms with Crippen molar-refractivity contribution in [2.45, 2.75) is 6.92 Å². The number of carbonyl (C=O) groups is 1. The van der Waals surface area contributed by atoms with Crippen LogP contribution in [0.1, 0.15) is 16.1 Å². The number of anilines is 2. The number of nitrogens with two attached hydrogens (primary N) is 1. The van der Waals surface area contributed by atoms with Gasteiger partial charge in [-0.1, -0.05) is 24.3 Å². The monoisotopic (exact) mass is 278 g/mol. The molecule has 0 saturated carbocycles. The number of nitrogens with zero attached hydrogens (tertiary/aromatic N) is 2. The highest BCUT2D eigenvalue weighted by Crippen LogP contribution is 2.23. The lowest BCUT2D eigenvalue weighted by Gasteiger charge is -2.09. The molecule has 0 fully saturated rings. The third-order valence-electron chi connectivity index (χ3n) is 3.24. The molecule has 3 rings (SSSR count). The van der Waals surface area contributed by atoms with Crippen molar-refractivity contribution in [2.75, 3.05) is 11.1 Å². The number of hydrogen-bond acceptors (Lipinski definition) is 4. The second-order valence-corrected chi connectivity index (χ2v) is 4.75. The predicted octanol–water partition coefficient (Wildman–Crippen LogP) is 2.77. The van der Waals surface area contributed by atoms with Gasteiger partial charge in [-0.05, 0) is 24.4 Å². The summed E-state index contributed by atoms with van der Waals surface area (Å²) in [6, 6.07) is 11.1. The Hall–Kier alpha value is -2.95. The molecule has 0 radical (unpaired) electrons. The lowest BCUT2D eigenvalue weighted by atomic mass is 10.1. The van der Waals surface area contributed by atoms with E-state index in [9.17, 15) is 4.79 Å². The number of amides is 1. The molecule has 0 unspecified atom stereocenters. The first-order chi connectivity index (χ1) is 10.1. The van der Waals surface area contributed by atoms with Gasteiger partial charge in [0.2, 0.25) is 0 Å². The molecule has 0 bridgehead atoms. The molecule has 0 aliphatic heterocycles. The van der Waals surface area contributed by atoms with E-state index in [1.165, 1.54) is 6.20 Å². The number of rotatable bonds is 2. The minimum Gasteiger partial charge on any atom is -0.383 e. The fraction of sp³-hybridized carbons (Fsp3) is 0.0625. The van der Waals surface area contributed by atoms with Crippen LogP contribution in [-0.2, 0) is 0 Å². The molecule has 1 amide bonds. The van der Waals surface area contributed by atoms with Crippen LogP contribution >= 0.6 is 0 Å². The van der Waals surface area contributed by atoms with Crippen molar-refractivity contribution in [3.63, 3.8) is 0 Å². The Balaban J connectivity index is 1.98. The van der Waals surface area contributed by atoms with Crippen LogP contribution in [0.3, 0.4) is 0 Å². The number of nitrogens with one attached hydrogen (secondary N) is 1. The second kappa shape index (κ2) is 5.20. The summed E-state index contributed by atoms with van der Waals surface area (Å²) in [5.41, 5.74) is 7.87. The minimum absolute atomic E-state index is 0.232. The fourth-order valence-electron chi connectivity index (χ4n) is 2.14. The molecule has 5 nitrogen and oxygen atoms in total. The van der Waals surface area contributed by atoms with Gasteiger partial charge in [0.25, 0.3) is 5.91 Å². The topological polar surface area (TPSA) is 80.9 Å². The Labute approximate surface area is 121 Å². The van der Waals surface area contributed by atoms with E-state index in [0.717, 1.165) is 16.5 Å². The third-order valence-corrected chi connectivity index (χ3v) is 3.24. The van der Waals surface area contributed by atoms with Crippen molar-refractivity contribution in [3.8, 4) is 0 Å². The van der Waals surface area contributed by atoms with Gasteiger partial charge in [-0.3, -0.25) is 9.78 Å². The normalized spacial score (nSPS) is 10.5. The summed E-state index contributed by atoms with van der Waals surface area (Å²) in [4.78, 5) is 20.6. The van der Waals surface area contributed by atoms with Gasteiger partial charge in [-0.25, -0.2) is 4.98 Å². The zero-order valence-corrected chi connectivity index (χ0v) is 11.5. The van der Waals surface area contributed by atoms with Crippen LogP contribution in [0.4, 0.5) is 11.5 Å². The molecule has 0 atom stereocenters. The summed E-state index contributed by atoms with van der Waals surface area (Å²) in [6.45, 7) is 1.89. The number of benzene rings is 1. The highest BCUT2D eigenvalue weighted by Gasteiger charge is 2.12. The largest absolute Gasteiger partial charge is 0.383 e. The van der Waals surface area contributed by atoms with Crippen LogP contribution in [0, 0.1) is 6.92 Å². The standard InChI is InChI=1S/C16H14N4O/c1-10-6-7-11(8-18-10)20-16(21)14-9-19-15(17)13-5-3-2-4-12(13)14/h2-9H,1H3,(H2,17,19)(H,20,21). The number of nitrogen functional groups attached to an aromatic ring is 1. The van der Waals surface area contributed by atoms with Crippen molar-refractivity contribution in [1.29, 1.82) is 0 Å². The first-order valence-corrected chi connectivity index (χ1v) is 6.52. The van der Waals surface area contributed by atoms with Crippen LogP contribution in [0.25, 0.3) is 10.8 Å². The number of hydrogen-bond donors (Lipinski definition) is 2. The zero-order chi connectivity index (χ0) is 14.8. The maximum Gasteiger partial charge on any atom is 0.257 e. The van der Waals surface area contributed by atoms with E-state index in [2.05, 4.69) is 15.3 Å². The average molecular weight is 278 g/mol. The molecular formula is C16H14N4O. The molecule has 1 aromatic carbocycles. The zero-order valence-electron chi connectivity index (χ0n) is 11.5. The van der Waals surface area contributed by atoms with Crippen molar-refractivity contribution in [1.82, 2.24) is 9.97 Å². The molecule has 2 heterocycles. The average Bonchev–Trinajstić information content (AvgIpc) is 2.50. The maximum absolute atomic E-state index is 12.4. The smallest absolute Gasteiger partial charge is 0.257 e. The van der Waals surface area contributed by atoms with E-state index in [1.54, 1.807) is 6.20 Å². The Bertz CT molecular complexity index is 812. The molecule has 0 aliphatic rings.